The SMILES string of the molecule is CCC(C)/C=C(\C=C(C)CNC(=O)CCN1C(=O)c2ccccc2C(CC(=O)O)c2ccccc21)c1nc2ccccc2[nH]1. The molecule has 0 fully saturated rings. The predicted octanol–water partition coefficient (Wildman–Crippen LogP) is 6.71. The van der Waals surface area contributed by atoms with Crippen molar-refractivity contribution in [3.05, 3.63) is 113 Å². The summed E-state index contributed by atoms with van der Waals surface area (Å²) in [7, 11) is 0. The number of rotatable bonds is 11. The van der Waals surface area contributed by atoms with Crippen LogP contribution in [-0.2, 0) is 9.59 Å². The molecule has 0 bridgehead atoms. The smallest absolute Gasteiger partial charge is 0.304 e. The summed E-state index contributed by atoms with van der Waals surface area (Å²) < 4.78 is 0. The number of aromatic amines is 1. The fourth-order valence-electron chi connectivity index (χ4n) is 5.63. The number of para-hydroxylation sites is 3. The standard InChI is InChI=1S/C36H38N4O4/c1-4-23(2)19-25(35-38-30-14-8-9-15-31(30)39-35)20-24(3)22-37-33(41)17-18-40-32-16-10-7-12-27(32)29(21-34(42)43)26-11-5-6-13-28(26)36(40)44/h5-16,19-20,23,29H,4,17-18,21-22H2,1-3H3,(H,37,41)(H,38,39)(H,42,43)/b24-20?,25-19+. The lowest BCUT2D eigenvalue weighted by Crippen LogP contribution is -2.35. The number of amides is 2. The van der Waals surface area contributed by atoms with E-state index in [9.17, 15) is 19.5 Å². The molecule has 0 aliphatic carbocycles. The summed E-state index contributed by atoms with van der Waals surface area (Å²) in [6, 6.07) is 22.4. The summed E-state index contributed by atoms with van der Waals surface area (Å²) in [5, 5.41) is 12.7. The van der Waals surface area contributed by atoms with Gasteiger partial charge in [0.25, 0.3) is 5.91 Å². The van der Waals surface area contributed by atoms with Crippen LogP contribution in [0.5, 0.6) is 0 Å². The first kappa shape index (κ1) is 30.5. The third kappa shape index (κ3) is 6.80. The molecule has 2 amide bonds. The van der Waals surface area contributed by atoms with Crippen LogP contribution in [0.2, 0.25) is 0 Å². The number of carbonyl (C=O) groups is 3. The molecule has 1 aromatic heterocycles. The number of hydrogen-bond donors (Lipinski definition) is 3. The summed E-state index contributed by atoms with van der Waals surface area (Å²) in [5.74, 6) is -0.692. The molecule has 3 N–H and O–H groups in total. The molecule has 1 aliphatic rings. The van der Waals surface area contributed by atoms with E-state index in [1.165, 1.54) is 0 Å². The lowest BCUT2D eigenvalue weighted by Gasteiger charge is -2.24. The minimum Gasteiger partial charge on any atom is -0.481 e. The van der Waals surface area contributed by atoms with Gasteiger partial charge >= 0.3 is 5.97 Å². The molecule has 0 spiro atoms. The molecule has 0 saturated carbocycles. The van der Waals surface area contributed by atoms with Gasteiger partial charge in [0.2, 0.25) is 5.91 Å². The van der Waals surface area contributed by atoms with Gasteiger partial charge in [0.1, 0.15) is 5.82 Å². The number of nitrogens with zero attached hydrogens (tertiary/aromatic N) is 2. The first-order valence-electron chi connectivity index (χ1n) is 15.1. The zero-order valence-corrected chi connectivity index (χ0v) is 25.3. The average Bonchev–Trinajstić information content (AvgIpc) is 3.43. The normalized spacial score (nSPS) is 15.8. The molecule has 8 nitrogen and oxygen atoms in total. The average molecular weight is 591 g/mol. The number of carbonyl (C=O) groups excluding carboxylic acids is 2. The fourth-order valence-corrected chi connectivity index (χ4v) is 5.63. The lowest BCUT2D eigenvalue weighted by atomic mass is 9.86. The minimum atomic E-state index is -0.939. The van der Waals surface area contributed by atoms with Crippen LogP contribution in [0, 0.1) is 5.92 Å². The molecular weight excluding hydrogens is 552 g/mol. The monoisotopic (exact) mass is 590 g/mol. The first-order valence-corrected chi connectivity index (χ1v) is 15.1. The van der Waals surface area contributed by atoms with Gasteiger partial charge in [-0.05, 0) is 48.2 Å². The number of carboxylic acids is 1. The Labute approximate surface area is 257 Å². The Morgan fingerprint density at radius 1 is 1.05 bits per heavy atom. The van der Waals surface area contributed by atoms with Gasteiger partial charge in [0.05, 0.1) is 17.5 Å². The Morgan fingerprint density at radius 3 is 2.50 bits per heavy atom. The van der Waals surface area contributed by atoms with Crippen molar-refractivity contribution < 1.29 is 19.5 Å². The van der Waals surface area contributed by atoms with Crippen LogP contribution in [0.25, 0.3) is 16.6 Å². The van der Waals surface area contributed by atoms with Gasteiger partial charge in [-0.2, -0.15) is 0 Å². The molecule has 1 aliphatic heterocycles. The lowest BCUT2D eigenvalue weighted by molar-refractivity contribution is -0.137. The van der Waals surface area contributed by atoms with Crippen LogP contribution >= 0.6 is 0 Å². The Kier molecular flexibility index (Phi) is 9.38. The van der Waals surface area contributed by atoms with Crippen LogP contribution in [0.15, 0.2) is 90.5 Å². The van der Waals surface area contributed by atoms with Crippen LogP contribution in [-0.4, -0.2) is 45.9 Å². The fraction of sp³-hybridized carbons (Fsp3) is 0.278. The number of aliphatic carboxylic acids is 1. The highest BCUT2D eigenvalue weighted by atomic mass is 16.4. The highest BCUT2D eigenvalue weighted by Crippen LogP contribution is 2.40. The van der Waals surface area contributed by atoms with Crippen molar-refractivity contribution in [1.82, 2.24) is 15.3 Å². The van der Waals surface area contributed by atoms with Crippen molar-refractivity contribution in [2.24, 2.45) is 5.92 Å². The van der Waals surface area contributed by atoms with E-state index in [1.54, 1.807) is 17.0 Å². The quantitative estimate of drug-likeness (QED) is 0.168. The number of aromatic nitrogens is 2. The van der Waals surface area contributed by atoms with Gasteiger partial charge in [0.15, 0.2) is 0 Å². The molecule has 2 atom stereocenters. The molecule has 2 heterocycles. The predicted molar refractivity (Wildman–Crippen MR) is 174 cm³/mol. The van der Waals surface area contributed by atoms with Crippen molar-refractivity contribution in [2.45, 2.75) is 46.0 Å². The molecular formula is C36H38N4O4. The highest BCUT2D eigenvalue weighted by Gasteiger charge is 2.33. The van der Waals surface area contributed by atoms with Gasteiger partial charge in [0, 0.05) is 42.3 Å². The maximum atomic E-state index is 13.8. The first-order chi connectivity index (χ1) is 21.2. The van der Waals surface area contributed by atoms with E-state index >= 15 is 0 Å². The number of benzene rings is 3. The topological polar surface area (TPSA) is 115 Å². The number of H-pyrrole nitrogens is 1. The highest BCUT2D eigenvalue weighted by molar-refractivity contribution is 6.09. The van der Waals surface area contributed by atoms with E-state index in [0.717, 1.165) is 40.0 Å². The van der Waals surface area contributed by atoms with E-state index in [0.29, 0.717) is 29.3 Å². The summed E-state index contributed by atoms with van der Waals surface area (Å²) in [6.45, 7) is 6.80. The summed E-state index contributed by atoms with van der Waals surface area (Å²) in [4.78, 5) is 48.4. The second-order valence-corrected chi connectivity index (χ2v) is 11.4. The van der Waals surface area contributed by atoms with Crippen LogP contribution in [0.3, 0.4) is 0 Å². The maximum Gasteiger partial charge on any atom is 0.304 e. The summed E-state index contributed by atoms with van der Waals surface area (Å²) >= 11 is 0. The van der Waals surface area contributed by atoms with Gasteiger partial charge in [-0.3, -0.25) is 14.4 Å². The molecule has 0 saturated heterocycles. The second-order valence-electron chi connectivity index (χ2n) is 11.4. The van der Waals surface area contributed by atoms with Gasteiger partial charge in [-0.1, -0.05) is 86.5 Å². The number of nitrogens with one attached hydrogen (secondary N) is 2. The molecule has 44 heavy (non-hydrogen) atoms. The van der Waals surface area contributed by atoms with Gasteiger partial charge < -0.3 is 20.3 Å². The molecule has 2 unspecified atom stereocenters. The number of anilines is 1. The third-order valence-corrected chi connectivity index (χ3v) is 8.09. The third-order valence-electron chi connectivity index (χ3n) is 8.09. The zero-order chi connectivity index (χ0) is 31.2. The summed E-state index contributed by atoms with van der Waals surface area (Å²) in [5.41, 5.74) is 6.36. The van der Waals surface area contributed by atoms with E-state index in [2.05, 4.69) is 36.3 Å². The Hall–Kier alpha value is -4.98. The van der Waals surface area contributed by atoms with Crippen LogP contribution in [0.4, 0.5) is 5.69 Å². The van der Waals surface area contributed by atoms with E-state index in [-0.39, 0.29) is 31.2 Å². The number of allylic oxidation sites excluding steroid dienone is 3. The van der Waals surface area contributed by atoms with Crippen molar-refractivity contribution in [3.8, 4) is 0 Å². The molecule has 4 aromatic rings. The molecule has 5 rings (SSSR count). The van der Waals surface area contributed by atoms with Gasteiger partial charge in [-0.25, -0.2) is 4.98 Å². The van der Waals surface area contributed by atoms with Crippen molar-refractivity contribution in [2.75, 3.05) is 18.0 Å². The zero-order valence-electron chi connectivity index (χ0n) is 25.3. The Balaban J connectivity index is 1.31. The minimum absolute atomic E-state index is 0.0955. The van der Waals surface area contributed by atoms with Crippen molar-refractivity contribution >= 4 is 40.1 Å². The molecule has 3 aromatic carbocycles. The molecule has 8 heteroatoms. The number of fused-ring (bicyclic) bond motifs is 3. The largest absolute Gasteiger partial charge is 0.481 e. The van der Waals surface area contributed by atoms with Crippen molar-refractivity contribution in [3.63, 3.8) is 0 Å². The van der Waals surface area contributed by atoms with E-state index < -0.39 is 11.9 Å². The summed E-state index contributed by atoms with van der Waals surface area (Å²) in [6.07, 6.45) is 5.20. The van der Waals surface area contributed by atoms with Crippen LogP contribution in [0.1, 0.15) is 73.3 Å². The number of carboxylic acid groups (broad SMARTS) is 1. The van der Waals surface area contributed by atoms with Crippen molar-refractivity contribution in [1.29, 1.82) is 0 Å². The Bertz CT molecular complexity index is 1720. The maximum absolute atomic E-state index is 13.8. The number of imidazole rings is 1. The molecule has 0 radical (unpaired) electrons. The van der Waals surface area contributed by atoms with E-state index in [1.807, 2.05) is 67.6 Å². The van der Waals surface area contributed by atoms with Crippen LogP contribution < -0.4 is 10.2 Å². The molecule has 226 valence electrons. The van der Waals surface area contributed by atoms with E-state index in [4.69, 9.17) is 4.98 Å². The second kappa shape index (κ2) is 13.5. The van der Waals surface area contributed by atoms with Gasteiger partial charge in [-0.15, -0.1) is 0 Å². The number of hydrogen-bond acceptors (Lipinski definition) is 4. The Morgan fingerprint density at radius 2 is 1.75 bits per heavy atom.